The topological polar surface area (TPSA) is 36.9 Å². The molecule has 0 radical (unpaired) electrons. The van der Waals surface area contributed by atoms with E-state index in [2.05, 4.69) is 149 Å². The Bertz CT molecular complexity index is 2360. The van der Waals surface area contributed by atoms with Crippen LogP contribution in [0.25, 0.3) is 22.3 Å². The standard InChI is InChI=1S/C70H88O4/c1-5-9-13-17-25-41-69(42-26-18-14-10-6-2)61-45-53-33-37-57(61)58-38-34-54(46-62(58)69)50-72-66-30-22-24-32-68(66)74-52-56-36-40-60-59-39-35-55(51-73-67-31-23-21-29-65(67)71-49-53)47-63(59)70(64(60)48-56,43-27-19-15-11-7-3)44-28-20-16-12-8-4/h21-24,29-40,45-48H,5-20,25-28,41-44,49-52H2,1-4H3. The van der Waals surface area contributed by atoms with E-state index in [1.807, 2.05) is 0 Å². The van der Waals surface area contributed by atoms with Gasteiger partial charge in [0, 0.05) is 10.8 Å². The summed E-state index contributed by atoms with van der Waals surface area (Å²) in [6.45, 7) is 11.2. The van der Waals surface area contributed by atoms with Gasteiger partial charge in [0.2, 0.25) is 0 Å². The maximum atomic E-state index is 6.83. The maximum absolute atomic E-state index is 6.83. The highest BCUT2D eigenvalue weighted by Gasteiger charge is 2.44. The Kier molecular flexibility index (Phi) is 19.0. The fourth-order valence-corrected chi connectivity index (χ4v) is 13.0. The smallest absolute Gasteiger partial charge is 0.161 e. The van der Waals surface area contributed by atoms with E-state index in [1.54, 1.807) is 0 Å². The molecule has 0 fully saturated rings. The number of unbranched alkanes of at least 4 members (excludes halogenated alkanes) is 16. The van der Waals surface area contributed by atoms with Crippen LogP contribution in [0.5, 0.6) is 23.0 Å². The first kappa shape index (κ1) is 53.3. The minimum atomic E-state index is -0.0731. The lowest BCUT2D eigenvalue weighted by Crippen LogP contribution is -2.26. The molecule has 8 bridgehead atoms. The monoisotopic (exact) mass is 993 g/mol. The molecule has 74 heavy (non-hydrogen) atoms. The predicted octanol–water partition coefficient (Wildman–Crippen LogP) is 20.3. The molecule has 0 amide bonds. The van der Waals surface area contributed by atoms with Crippen molar-refractivity contribution in [3.63, 3.8) is 0 Å². The molecule has 0 aromatic heterocycles. The summed E-state index contributed by atoms with van der Waals surface area (Å²) < 4.78 is 27.3. The third-order valence-electron chi connectivity index (χ3n) is 17.1. The minimum absolute atomic E-state index is 0.0731. The summed E-state index contributed by atoms with van der Waals surface area (Å²) in [5.74, 6) is 3.16. The van der Waals surface area contributed by atoms with Crippen LogP contribution < -0.4 is 18.9 Å². The van der Waals surface area contributed by atoms with Gasteiger partial charge in [-0.05, 0) is 117 Å². The molecule has 9 rings (SSSR count). The predicted molar refractivity (Wildman–Crippen MR) is 309 cm³/mol. The van der Waals surface area contributed by atoms with Gasteiger partial charge in [-0.1, -0.05) is 253 Å². The highest BCUT2D eigenvalue weighted by atomic mass is 16.5. The van der Waals surface area contributed by atoms with Crippen LogP contribution in [-0.2, 0) is 37.3 Å². The first-order valence-electron chi connectivity index (χ1n) is 29.7. The summed E-state index contributed by atoms with van der Waals surface area (Å²) >= 11 is 0. The molecule has 0 N–H and O–H groups in total. The third kappa shape index (κ3) is 12.3. The minimum Gasteiger partial charge on any atom is -0.485 e. The van der Waals surface area contributed by atoms with Gasteiger partial charge in [0.15, 0.2) is 23.0 Å². The van der Waals surface area contributed by atoms with E-state index in [0.29, 0.717) is 26.4 Å². The molecule has 392 valence electrons. The van der Waals surface area contributed by atoms with Crippen molar-refractivity contribution in [2.24, 2.45) is 0 Å². The number of hydrogen-bond donors (Lipinski definition) is 0. The molecule has 3 aliphatic rings. The molecule has 1 heterocycles. The van der Waals surface area contributed by atoms with Crippen LogP contribution in [0.1, 0.15) is 226 Å². The third-order valence-corrected chi connectivity index (χ3v) is 17.1. The van der Waals surface area contributed by atoms with Crippen molar-refractivity contribution in [3.05, 3.63) is 166 Å². The molecule has 0 spiro atoms. The second-order valence-electron chi connectivity index (χ2n) is 22.4. The lowest BCUT2D eigenvalue weighted by Gasteiger charge is -2.33. The Labute approximate surface area is 447 Å². The number of benzene rings is 6. The molecule has 1 aliphatic heterocycles. The van der Waals surface area contributed by atoms with Gasteiger partial charge in [0.25, 0.3) is 0 Å². The van der Waals surface area contributed by atoms with Crippen molar-refractivity contribution < 1.29 is 18.9 Å². The molecular formula is C70H88O4. The van der Waals surface area contributed by atoms with Gasteiger partial charge in [0.05, 0.1) is 0 Å². The van der Waals surface area contributed by atoms with Crippen LogP contribution >= 0.6 is 0 Å². The van der Waals surface area contributed by atoms with E-state index < -0.39 is 0 Å². The van der Waals surface area contributed by atoms with Gasteiger partial charge in [-0.3, -0.25) is 0 Å². The zero-order valence-corrected chi connectivity index (χ0v) is 46.0. The lowest BCUT2D eigenvalue weighted by atomic mass is 9.70. The Balaban J connectivity index is 1.10. The van der Waals surface area contributed by atoms with Gasteiger partial charge in [-0.15, -0.1) is 0 Å². The van der Waals surface area contributed by atoms with Crippen LogP contribution in [0.15, 0.2) is 121 Å². The molecule has 2 aliphatic carbocycles. The van der Waals surface area contributed by atoms with Crippen LogP contribution in [-0.4, -0.2) is 0 Å². The SMILES string of the molecule is CCCCCCCC1(CCCCCCC)c2cc3ccc2-c2ccc(cc21)COc1ccccc1OCc1ccc2c(c1)C(CCCCCCC)(CCCCCCC)c1cc(ccc1-2)COc1ccccc1OC3. The first-order valence-corrected chi connectivity index (χ1v) is 29.7. The van der Waals surface area contributed by atoms with Crippen LogP contribution in [0, 0.1) is 0 Å². The molecule has 0 saturated heterocycles. The second-order valence-corrected chi connectivity index (χ2v) is 22.4. The number of ether oxygens (including phenoxy) is 4. The summed E-state index contributed by atoms with van der Waals surface area (Å²) in [6.07, 6.45) is 30.0. The van der Waals surface area contributed by atoms with E-state index in [4.69, 9.17) is 18.9 Å². The van der Waals surface area contributed by atoms with Gasteiger partial charge >= 0.3 is 0 Å². The highest BCUT2D eigenvalue weighted by molar-refractivity contribution is 5.83. The number of para-hydroxylation sites is 4. The number of rotatable bonds is 24. The number of hydrogen-bond acceptors (Lipinski definition) is 4. The molecule has 0 atom stereocenters. The highest BCUT2D eigenvalue weighted by Crippen LogP contribution is 2.57. The van der Waals surface area contributed by atoms with Crippen molar-refractivity contribution >= 4 is 0 Å². The quantitative estimate of drug-likeness (QED) is 0.0566. The van der Waals surface area contributed by atoms with Crippen LogP contribution in [0.2, 0.25) is 0 Å². The molecule has 4 heteroatoms. The lowest BCUT2D eigenvalue weighted by molar-refractivity contribution is 0.255. The fraction of sp³-hybridized carbons (Fsp3) is 0.486. The van der Waals surface area contributed by atoms with Gasteiger partial charge in [0.1, 0.15) is 26.4 Å². The maximum Gasteiger partial charge on any atom is 0.161 e. The summed E-state index contributed by atoms with van der Waals surface area (Å²) in [7, 11) is 0. The average Bonchev–Trinajstić information content (AvgIpc) is 3.87. The van der Waals surface area contributed by atoms with Crippen LogP contribution in [0.4, 0.5) is 0 Å². The zero-order valence-electron chi connectivity index (χ0n) is 46.0. The zero-order chi connectivity index (χ0) is 51.0. The fourth-order valence-electron chi connectivity index (χ4n) is 13.0. The number of fused-ring (bicyclic) bond motifs is 8. The molecule has 6 aromatic carbocycles. The Morgan fingerprint density at radius 2 is 0.514 bits per heavy atom. The molecule has 4 nitrogen and oxygen atoms in total. The Hall–Kier alpha value is -5.48. The Morgan fingerprint density at radius 1 is 0.284 bits per heavy atom. The summed E-state index contributed by atoms with van der Waals surface area (Å²) in [4.78, 5) is 0. The van der Waals surface area contributed by atoms with Crippen molar-refractivity contribution in [1.82, 2.24) is 0 Å². The van der Waals surface area contributed by atoms with E-state index >= 15 is 0 Å². The summed E-state index contributed by atoms with van der Waals surface area (Å²) in [5.41, 5.74) is 16.1. The second kappa shape index (κ2) is 26.3. The van der Waals surface area contributed by atoms with E-state index in [-0.39, 0.29) is 10.8 Å². The van der Waals surface area contributed by atoms with Gasteiger partial charge < -0.3 is 18.9 Å². The summed E-state index contributed by atoms with van der Waals surface area (Å²) in [5, 5.41) is 0. The first-order chi connectivity index (χ1) is 36.5. The van der Waals surface area contributed by atoms with Crippen molar-refractivity contribution in [2.75, 3.05) is 0 Å². The van der Waals surface area contributed by atoms with Crippen LogP contribution in [0.3, 0.4) is 0 Å². The summed E-state index contributed by atoms with van der Waals surface area (Å²) in [6, 6.07) is 45.4. The van der Waals surface area contributed by atoms with Crippen molar-refractivity contribution in [3.8, 4) is 45.3 Å². The van der Waals surface area contributed by atoms with Crippen molar-refractivity contribution in [2.45, 2.75) is 219 Å². The van der Waals surface area contributed by atoms with E-state index in [1.165, 1.54) is 195 Å². The molecule has 6 aromatic rings. The normalized spacial score (nSPS) is 14.9. The van der Waals surface area contributed by atoms with Gasteiger partial charge in [-0.2, -0.15) is 0 Å². The van der Waals surface area contributed by atoms with E-state index in [0.717, 1.165) is 48.7 Å². The Morgan fingerprint density at radius 3 is 0.743 bits per heavy atom. The molecule has 0 unspecified atom stereocenters. The van der Waals surface area contributed by atoms with Crippen molar-refractivity contribution in [1.29, 1.82) is 0 Å². The van der Waals surface area contributed by atoms with Gasteiger partial charge in [-0.25, -0.2) is 0 Å². The molecule has 0 saturated carbocycles. The molecular weight excluding hydrogens is 905 g/mol. The largest absolute Gasteiger partial charge is 0.485 e. The average molecular weight is 993 g/mol. The van der Waals surface area contributed by atoms with E-state index in [9.17, 15) is 0 Å².